The van der Waals surface area contributed by atoms with Crippen molar-refractivity contribution in [3.63, 3.8) is 0 Å². The van der Waals surface area contributed by atoms with E-state index in [0.29, 0.717) is 6.04 Å². The molecule has 0 bridgehead atoms. The summed E-state index contributed by atoms with van der Waals surface area (Å²) < 4.78 is 0. The molecule has 96 valence electrons. The molecule has 2 fully saturated rings. The van der Waals surface area contributed by atoms with Crippen molar-refractivity contribution in [2.75, 3.05) is 31.6 Å². The second-order valence-electron chi connectivity index (χ2n) is 5.06. The largest absolute Gasteiger partial charge is 0.326 e. The summed E-state index contributed by atoms with van der Waals surface area (Å²) in [7, 11) is 1.86. The van der Waals surface area contributed by atoms with Crippen LogP contribution in [0.25, 0.3) is 0 Å². The van der Waals surface area contributed by atoms with Gasteiger partial charge in [0.1, 0.15) is 0 Å². The Labute approximate surface area is 108 Å². The molecular weight excluding hydrogens is 226 g/mol. The molecule has 2 amide bonds. The van der Waals surface area contributed by atoms with Gasteiger partial charge in [-0.2, -0.15) is 0 Å². The zero-order chi connectivity index (χ0) is 12.5. The molecule has 3 rings (SSSR count). The van der Waals surface area contributed by atoms with Gasteiger partial charge in [0.15, 0.2) is 0 Å². The van der Waals surface area contributed by atoms with E-state index >= 15 is 0 Å². The molecule has 1 aromatic rings. The standard InChI is InChI=1S/C14H19N3O/c1-16-9-10-17(14(16)18)13-7-3-2-5-11(13)12-6-4-8-15-12/h2-3,5,7,12,15H,4,6,8-10H2,1H3. The van der Waals surface area contributed by atoms with Crippen molar-refractivity contribution in [2.45, 2.75) is 18.9 Å². The lowest BCUT2D eigenvalue weighted by atomic mass is 10.0. The van der Waals surface area contributed by atoms with Crippen LogP contribution in [0, 0.1) is 0 Å². The van der Waals surface area contributed by atoms with Crippen molar-refractivity contribution in [3.8, 4) is 0 Å². The highest BCUT2D eigenvalue weighted by molar-refractivity contribution is 5.94. The van der Waals surface area contributed by atoms with E-state index in [1.165, 1.54) is 12.0 Å². The van der Waals surface area contributed by atoms with Crippen molar-refractivity contribution < 1.29 is 4.79 Å². The average molecular weight is 245 g/mol. The van der Waals surface area contributed by atoms with Crippen LogP contribution in [0.4, 0.5) is 10.5 Å². The number of benzene rings is 1. The van der Waals surface area contributed by atoms with Gasteiger partial charge in [-0.15, -0.1) is 0 Å². The first-order valence-corrected chi connectivity index (χ1v) is 6.62. The Bertz CT molecular complexity index is 454. The smallest absolute Gasteiger partial charge is 0.324 e. The Morgan fingerprint density at radius 3 is 2.78 bits per heavy atom. The summed E-state index contributed by atoms with van der Waals surface area (Å²) in [6, 6.07) is 8.79. The van der Waals surface area contributed by atoms with E-state index in [1.807, 2.05) is 18.0 Å². The zero-order valence-electron chi connectivity index (χ0n) is 10.7. The Morgan fingerprint density at radius 2 is 2.11 bits per heavy atom. The van der Waals surface area contributed by atoms with Crippen LogP contribution in [0.1, 0.15) is 24.4 Å². The fraction of sp³-hybridized carbons (Fsp3) is 0.500. The minimum absolute atomic E-state index is 0.112. The zero-order valence-corrected chi connectivity index (χ0v) is 10.7. The molecule has 0 spiro atoms. The van der Waals surface area contributed by atoms with E-state index in [-0.39, 0.29) is 6.03 Å². The van der Waals surface area contributed by atoms with Gasteiger partial charge < -0.3 is 10.2 Å². The maximum absolute atomic E-state index is 12.1. The molecule has 2 aliphatic heterocycles. The predicted molar refractivity (Wildman–Crippen MR) is 71.8 cm³/mol. The van der Waals surface area contributed by atoms with Crippen LogP contribution < -0.4 is 10.2 Å². The van der Waals surface area contributed by atoms with Gasteiger partial charge in [0.2, 0.25) is 0 Å². The molecule has 18 heavy (non-hydrogen) atoms. The Hall–Kier alpha value is -1.55. The summed E-state index contributed by atoms with van der Waals surface area (Å²) in [4.78, 5) is 15.8. The second-order valence-corrected chi connectivity index (χ2v) is 5.06. The number of hydrogen-bond acceptors (Lipinski definition) is 2. The second kappa shape index (κ2) is 4.61. The highest BCUT2D eigenvalue weighted by Gasteiger charge is 2.30. The third-order valence-electron chi connectivity index (χ3n) is 3.88. The van der Waals surface area contributed by atoms with Crippen LogP contribution in [0.5, 0.6) is 0 Å². The molecule has 1 atom stereocenters. The van der Waals surface area contributed by atoms with E-state index in [2.05, 4.69) is 23.5 Å². The van der Waals surface area contributed by atoms with Gasteiger partial charge in [-0.25, -0.2) is 4.79 Å². The van der Waals surface area contributed by atoms with Crippen LogP contribution in [0.15, 0.2) is 24.3 Å². The third-order valence-corrected chi connectivity index (χ3v) is 3.88. The van der Waals surface area contributed by atoms with E-state index in [9.17, 15) is 4.79 Å². The topological polar surface area (TPSA) is 35.6 Å². The van der Waals surface area contributed by atoms with Gasteiger partial charge in [-0.05, 0) is 31.0 Å². The molecule has 1 aromatic carbocycles. The van der Waals surface area contributed by atoms with Gasteiger partial charge in [-0.3, -0.25) is 4.90 Å². The number of rotatable bonds is 2. The first-order chi connectivity index (χ1) is 8.77. The summed E-state index contributed by atoms with van der Waals surface area (Å²) in [5, 5.41) is 3.51. The van der Waals surface area contributed by atoms with E-state index < -0.39 is 0 Å². The molecule has 1 unspecified atom stereocenters. The van der Waals surface area contributed by atoms with Crippen LogP contribution in [-0.4, -0.2) is 37.6 Å². The third kappa shape index (κ3) is 1.86. The van der Waals surface area contributed by atoms with Gasteiger partial charge in [0, 0.05) is 26.2 Å². The average Bonchev–Trinajstić information content (AvgIpc) is 3.02. The minimum atomic E-state index is 0.112. The Morgan fingerprint density at radius 1 is 1.28 bits per heavy atom. The number of likely N-dealkylation sites (N-methyl/N-ethyl adjacent to an activating group) is 1. The number of urea groups is 1. The molecule has 0 radical (unpaired) electrons. The summed E-state index contributed by atoms with van der Waals surface area (Å²) in [5.74, 6) is 0. The SMILES string of the molecule is CN1CCN(c2ccccc2C2CCCN2)C1=O. The van der Waals surface area contributed by atoms with Crippen LogP contribution in [-0.2, 0) is 0 Å². The summed E-state index contributed by atoms with van der Waals surface area (Å²) >= 11 is 0. The van der Waals surface area contributed by atoms with Crippen molar-refractivity contribution in [1.82, 2.24) is 10.2 Å². The number of nitrogens with one attached hydrogen (secondary N) is 1. The van der Waals surface area contributed by atoms with Crippen molar-refractivity contribution in [3.05, 3.63) is 29.8 Å². The van der Waals surface area contributed by atoms with Gasteiger partial charge in [0.05, 0.1) is 5.69 Å². The molecule has 2 heterocycles. The van der Waals surface area contributed by atoms with E-state index in [1.54, 1.807) is 4.90 Å². The maximum Gasteiger partial charge on any atom is 0.324 e. The molecule has 0 aliphatic carbocycles. The molecule has 2 saturated heterocycles. The van der Waals surface area contributed by atoms with Crippen LogP contribution in [0.3, 0.4) is 0 Å². The molecule has 4 heteroatoms. The number of hydrogen-bond donors (Lipinski definition) is 1. The number of anilines is 1. The molecule has 2 aliphatic rings. The highest BCUT2D eigenvalue weighted by atomic mass is 16.2. The first-order valence-electron chi connectivity index (χ1n) is 6.62. The number of nitrogens with zero attached hydrogens (tertiary/aromatic N) is 2. The fourth-order valence-corrected chi connectivity index (χ4v) is 2.85. The highest BCUT2D eigenvalue weighted by Crippen LogP contribution is 2.32. The summed E-state index contributed by atoms with van der Waals surface area (Å²) in [5.41, 5.74) is 2.34. The predicted octanol–water partition coefficient (Wildman–Crippen LogP) is 1.98. The van der Waals surface area contributed by atoms with Gasteiger partial charge >= 0.3 is 6.03 Å². The normalized spacial score (nSPS) is 24.1. The molecule has 1 N–H and O–H groups in total. The van der Waals surface area contributed by atoms with Crippen molar-refractivity contribution in [2.24, 2.45) is 0 Å². The summed E-state index contributed by atoms with van der Waals surface area (Å²) in [6.07, 6.45) is 2.38. The van der Waals surface area contributed by atoms with Crippen LogP contribution in [0.2, 0.25) is 0 Å². The molecule has 0 saturated carbocycles. The number of carbonyl (C=O) groups excluding carboxylic acids is 1. The van der Waals surface area contributed by atoms with Crippen molar-refractivity contribution >= 4 is 11.7 Å². The molecular formula is C14H19N3O. The van der Waals surface area contributed by atoms with E-state index in [0.717, 1.165) is 31.7 Å². The number of carbonyl (C=O) groups is 1. The number of amides is 2. The first kappa shape index (κ1) is 11.5. The molecule has 4 nitrogen and oxygen atoms in total. The maximum atomic E-state index is 12.1. The lowest BCUT2D eigenvalue weighted by molar-refractivity contribution is 0.229. The molecule has 0 aromatic heterocycles. The lowest BCUT2D eigenvalue weighted by Gasteiger charge is -2.22. The lowest BCUT2D eigenvalue weighted by Crippen LogP contribution is -2.30. The fourth-order valence-electron chi connectivity index (χ4n) is 2.85. The quantitative estimate of drug-likeness (QED) is 0.865. The monoisotopic (exact) mass is 245 g/mol. The number of para-hydroxylation sites is 1. The minimum Gasteiger partial charge on any atom is -0.326 e. The Kier molecular flexibility index (Phi) is 2.96. The van der Waals surface area contributed by atoms with Crippen LogP contribution >= 0.6 is 0 Å². The van der Waals surface area contributed by atoms with Gasteiger partial charge in [0.25, 0.3) is 0 Å². The van der Waals surface area contributed by atoms with Gasteiger partial charge in [-0.1, -0.05) is 18.2 Å². The van der Waals surface area contributed by atoms with Crippen molar-refractivity contribution in [1.29, 1.82) is 0 Å². The summed E-state index contributed by atoms with van der Waals surface area (Å²) in [6.45, 7) is 2.68. The Balaban J connectivity index is 1.94. The van der Waals surface area contributed by atoms with E-state index in [4.69, 9.17) is 0 Å².